The lowest BCUT2D eigenvalue weighted by Crippen LogP contribution is -2.55. The Bertz CT molecular complexity index is 1510. The number of benzene rings is 3. The van der Waals surface area contributed by atoms with Crippen molar-refractivity contribution in [3.8, 4) is 5.75 Å². The van der Waals surface area contributed by atoms with E-state index in [1.807, 2.05) is 27.7 Å². The average Bonchev–Trinajstić information content (AvgIpc) is 2.92. The molecule has 3 rings (SSSR count). The second kappa shape index (κ2) is 13.8. The van der Waals surface area contributed by atoms with Gasteiger partial charge in [-0.3, -0.25) is 13.9 Å². The highest BCUT2D eigenvalue weighted by molar-refractivity contribution is 7.92. The first-order chi connectivity index (χ1) is 19.7. The molecule has 1 N–H and O–H groups in total. The molecule has 0 aliphatic heterocycles. The van der Waals surface area contributed by atoms with E-state index in [0.717, 1.165) is 9.87 Å². The van der Waals surface area contributed by atoms with E-state index in [2.05, 4.69) is 5.32 Å². The van der Waals surface area contributed by atoms with Gasteiger partial charge in [0.1, 0.15) is 18.3 Å². The number of hydrogen-bond donors (Lipinski definition) is 1. The van der Waals surface area contributed by atoms with E-state index < -0.39 is 34.1 Å². The number of methoxy groups -OCH3 is 1. The van der Waals surface area contributed by atoms with Gasteiger partial charge in [-0.15, -0.1) is 0 Å². The van der Waals surface area contributed by atoms with Crippen molar-refractivity contribution in [2.45, 2.75) is 64.1 Å². The topological polar surface area (TPSA) is 96.0 Å². The Labute approximate surface area is 258 Å². The van der Waals surface area contributed by atoms with E-state index in [-0.39, 0.29) is 29.5 Å². The first-order valence-electron chi connectivity index (χ1n) is 13.4. The molecule has 226 valence electrons. The number of nitrogens with one attached hydrogen (secondary N) is 1. The van der Waals surface area contributed by atoms with Crippen molar-refractivity contribution in [1.29, 1.82) is 0 Å². The summed E-state index contributed by atoms with van der Waals surface area (Å²) in [4.78, 5) is 29.0. The van der Waals surface area contributed by atoms with Crippen LogP contribution in [0.25, 0.3) is 0 Å². The van der Waals surface area contributed by atoms with Crippen molar-refractivity contribution in [3.05, 3.63) is 87.9 Å². The number of aryl methyl sites for hydroxylation is 1. The van der Waals surface area contributed by atoms with E-state index >= 15 is 0 Å². The van der Waals surface area contributed by atoms with Crippen LogP contribution in [0.5, 0.6) is 5.75 Å². The third-order valence-electron chi connectivity index (χ3n) is 6.49. The molecule has 0 radical (unpaired) electrons. The maximum Gasteiger partial charge on any atom is 0.264 e. The van der Waals surface area contributed by atoms with Gasteiger partial charge in [0.05, 0.1) is 17.7 Å². The largest absolute Gasteiger partial charge is 0.497 e. The van der Waals surface area contributed by atoms with E-state index in [9.17, 15) is 18.0 Å². The number of anilines is 1. The zero-order valence-electron chi connectivity index (χ0n) is 24.6. The summed E-state index contributed by atoms with van der Waals surface area (Å²) in [5.41, 5.74) is 1.17. The number of nitrogens with zero attached hydrogens (tertiary/aromatic N) is 2. The fourth-order valence-corrected chi connectivity index (χ4v) is 6.20. The third-order valence-corrected chi connectivity index (χ3v) is 8.86. The molecule has 0 aliphatic rings. The number of halogens is 2. The Balaban J connectivity index is 2.10. The Morgan fingerprint density at radius 3 is 2.12 bits per heavy atom. The third kappa shape index (κ3) is 8.40. The minimum absolute atomic E-state index is 0.0292. The summed E-state index contributed by atoms with van der Waals surface area (Å²) in [6, 6.07) is 16.8. The monoisotopic (exact) mass is 633 g/mol. The predicted octanol–water partition coefficient (Wildman–Crippen LogP) is 6.23. The molecule has 3 aromatic rings. The summed E-state index contributed by atoms with van der Waals surface area (Å²) < 4.78 is 34.2. The zero-order chi connectivity index (χ0) is 31.2. The van der Waals surface area contributed by atoms with Gasteiger partial charge >= 0.3 is 0 Å². The highest BCUT2D eigenvalue weighted by Crippen LogP contribution is 2.28. The summed E-state index contributed by atoms with van der Waals surface area (Å²) in [5, 5.41) is 3.69. The van der Waals surface area contributed by atoms with Crippen LogP contribution < -0.4 is 14.4 Å². The molecule has 0 spiro atoms. The summed E-state index contributed by atoms with van der Waals surface area (Å²) in [6.45, 7) is 8.59. The highest BCUT2D eigenvalue weighted by atomic mass is 35.5. The fraction of sp³-hybridized carbons (Fsp3) is 0.355. The van der Waals surface area contributed by atoms with Crippen molar-refractivity contribution in [1.82, 2.24) is 10.2 Å². The smallest absolute Gasteiger partial charge is 0.264 e. The van der Waals surface area contributed by atoms with E-state index in [1.165, 1.54) is 24.1 Å². The lowest BCUT2D eigenvalue weighted by molar-refractivity contribution is -0.141. The lowest BCUT2D eigenvalue weighted by Gasteiger charge is -2.35. The highest BCUT2D eigenvalue weighted by Gasteiger charge is 2.35. The Morgan fingerprint density at radius 1 is 0.976 bits per heavy atom. The predicted molar refractivity (Wildman–Crippen MR) is 168 cm³/mol. The number of ether oxygens (including phenoxy) is 1. The van der Waals surface area contributed by atoms with Crippen molar-refractivity contribution in [2.75, 3.05) is 18.0 Å². The van der Waals surface area contributed by atoms with Crippen molar-refractivity contribution >= 4 is 50.7 Å². The van der Waals surface area contributed by atoms with Gasteiger partial charge in [-0.25, -0.2) is 8.42 Å². The van der Waals surface area contributed by atoms with Crippen molar-refractivity contribution < 1.29 is 22.7 Å². The quantitative estimate of drug-likeness (QED) is 0.270. The van der Waals surface area contributed by atoms with Gasteiger partial charge < -0.3 is 15.0 Å². The normalized spacial score (nSPS) is 12.4. The Morgan fingerprint density at radius 2 is 1.60 bits per heavy atom. The molecule has 0 aliphatic carbocycles. The van der Waals surface area contributed by atoms with Crippen LogP contribution in [0.2, 0.25) is 10.0 Å². The molecule has 8 nitrogen and oxygen atoms in total. The SMILES string of the molecule is CC[C@H](C(=O)NC(C)(C)C)N(Cc1ccc(Cl)cc1Cl)C(=O)CN(c1ccc(OC)cc1)S(=O)(=O)c1ccc(C)cc1. The molecule has 3 aromatic carbocycles. The van der Waals surface area contributed by atoms with Crippen LogP contribution in [0.3, 0.4) is 0 Å². The summed E-state index contributed by atoms with van der Waals surface area (Å²) >= 11 is 12.6. The van der Waals surface area contributed by atoms with Crippen LogP contribution in [0, 0.1) is 6.92 Å². The van der Waals surface area contributed by atoms with Gasteiger partial charge in [0.25, 0.3) is 10.0 Å². The molecule has 42 heavy (non-hydrogen) atoms. The first-order valence-corrected chi connectivity index (χ1v) is 15.6. The molecular weight excluding hydrogens is 597 g/mol. The van der Waals surface area contributed by atoms with Crippen LogP contribution in [0.1, 0.15) is 45.2 Å². The van der Waals surface area contributed by atoms with Crippen molar-refractivity contribution in [3.63, 3.8) is 0 Å². The van der Waals surface area contributed by atoms with Crippen molar-refractivity contribution in [2.24, 2.45) is 0 Å². The van der Waals surface area contributed by atoms with Gasteiger partial charge in [0.15, 0.2) is 0 Å². The summed E-state index contributed by atoms with van der Waals surface area (Å²) in [5.74, 6) is -0.411. The first kappa shape index (κ1) is 33.2. The molecule has 11 heteroatoms. The lowest BCUT2D eigenvalue weighted by atomic mass is 10.1. The summed E-state index contributed by atoms with van der Waals surface area (Å²) in [6.07, 6.45) is 0.284. The van der Waals surface area contributed by atoms with E-state index in [4.69, 9.17) is 27.9 Å². The fourth-order valence-electron chi connectivity index (χ4n) is 4.32. The number of rotatable bonds is 11. The molecule has 0 heterocycles. The maximum atomic E-state index is 14.2. The molecule has 0 aromatic heterocycles. The van der Waals surface area contributed by atoms with Crippen LogP contribution in [-0.4, -0.2) is 50.4 Å². The molecule has 0 fully saturated rings. The van der Waals surface area contributed by atoms with Crippen LogP contribution in [0.4, 0.5) is 5.69 Å². The van der Waals surface area contributed by atoms with Crippen LogP contribution in [-0.2, 0) is 26.2 Å². The number of carbonyl (C=O) groups excluding carboxylic acids is 2. The van der Waals surface area contributed by atoms with Gasteiger partial charge in [-0.05, 0) is 88.2 Å². The molecule has 2 amide bonds. The standard InChI is InChI=1S/C31H37Cl2N3O5S/c1-7-28(30(38)34-31(3,4)5)35(19-22-10-11-23(32)18-27(22)33)29(37)20-36(24-12-14-25(41-6)15-13-24)42(39,40)26-16-8-21(2)9-17-26/h8-18,28H,7,19-20H2,1-6H3,(H,34,38)/t28-/m1/s1. The Kier molecular flexibility index (Phi) is 10.9. The number of carbonyl (C=O) groups is 2. The van der Waals surface area contributed by atoms with Gasteiger partial charge in [0, 0.05) is 22.1 Å². The number of hydrogen-bond acceptors (Lipinski definition) is 5. The minimum atomic E-state index is -4.19. The number of amides is 2. The second-order valence-corrected chi connectivity index (χ2v) is 13.6. The molecule has 0 unspecified atom stereocenters. The van der Waals surface area contributed by atoms with Gasteiger partial charge in [-0.1, -0.05) is 53.9 Å². The molecule has 1 atom stereocenters. The zero-order valence-corrected chi connectivity index (χ0v) is 27.0. The summed E-state index contributed by atoms with van der Waals surface area (Å²) in [7, 11) is -2.68. The second-order valence-electron chi connectivity index (χ2n) is 10.9. The van der Waals surface area contributed by atoms with E-state index in [0.29, 0.717) is 21.4 Å². The average molecular weight is 635 g/mol. The molecule has 0 saturated heterocycles. The molecule has 0 saturated carbocycles. The van der Waals surface area contributed by atoms with Gasteiger partial charge in [0.2, 0.25) is 11.8 Å². The van der Waals surface area contributed by atoms with Crippen LogP contribution in [0.15, 0.2) is 71.6 Å². The minimum Gasteiger partial charge on any atom is -0.497 e. The van der Waals surface area contributed by atoms with Crippen LogP contribution >= 0.6 is 23.2 Å². The Hall–Kier alpha value is -3.27. The maximum absolute atomic E-state index is 14.2. The van der Waals surface area contributed by atoms with Gasteiger partial charge in [-0.2, -0.15) is 0 Å². The molecule has 0 bridgehead atoms. The molecular formula is C31H37Cl2N3O5S. The number of sulfonamides is 1. The van der Waals surface area contributed by atoms with E-state index in [1.54, 1.807) is 61.5 Å².